The molecule has 0 fully saturated rings. The number of benzene rings is 2. The lowest BCUT2D eigenvalue weighted by Gasteiger charge is -2.15. The summed E-state index contributed by atoms with van der Waals surface area (Å²) < 4.78 is 26.5. The third-order valence-electron chi connectivity index (χ3n) is 5.21. The molecule has 2 heterocycles. The summed E-state index contributed by atoms with van der Waals surface area (Å²) >= 11 is 0. The van der Waals surface area contributed by atoms with Crippen molar-refractivity contribution in [3.8, 4) is 23.0 Å². The molecule has 0 saturated carbocycles. The van der Waals surface area contributed by atoms with Crippen LogP contribution in [-0.4, -0.2) is 58.0 Å². The molecule has 2 aromatic rings. The van der Waals surface area contributed by atoms with Gasteiger partial charge in [-0.05, 0) is 36.2 Å². The van der Waals surface area contributed by atoms with Gasteiger partial charge in [0.25, 0.3) is 11.8 Å². The normalized spacial score (nSPS) is 14.9. The van der Waals surface area contributed by atoms with Crippen molar-refractivity contribution in [3.63, 3.8) is 0 Å². The van der Waals surface area contributed by atoms with Gasteiger partial charge in [0.05, 0.1) is 19.8 Å². The van der Waals surface area contributed by atoms with Crippen LogP contribution in [0.3, 0.4) is 0 Å². The minimum atomic E-state index is -0.409. The van der Waals surface area contributed by atoms with Gasteiger partial charge in [-0.25, -0.2) is 0 Å². The largest absolute Gasteiger partial charge is 0.493 e. The Morgan fingerprint density at radius 3 is 2.47 bits per heavy atom. The van der Waals surface area contributed by atoms with E-state index >= 15 is 0 Å². The van der Waals surface area contributed by atoms with Gasteiger partial charge < -0.3 is 29.0 Å². The highest BCUT2D eigenvalue weighted by Gasteiger charge is 2.39. The number of anilines is 1. The van der Waals surface area contributed by atoms with E-state index in [1.165, 1.54) is 19.1 Å². The number of amides is 2. The van der Waals surface area contributed by atoms with Crippen LogP contribution in [0, 0.1) is 0 Å². The van der Waals surface area contributed by atoms with E-state index < -0.39 is 5.91 Å². The second kappa shape index (κ2) is 9.19. The minimum absolute atomic E-state index is 0.142. The van der Waals surface area contributed by atoms with Crippen molar-refractivity contribution in [3.05, 3.63) is 47.7 Å². The number of rotatable bonds is 9. The van der Waals surface area contributed by atoms with Crippen molar-refractivity contribution in [2.45, 2.75) is 6.42 Å². The van der Waals surface area contributed by atoms with Crippen molar-refractivity contribution in [1.82, 2.24) is 4.90 Å². The Morgan fingerprint density at radius 2 is 1.72 bits per heavy atom. The van der Waals surface area contributed by atoms with Crippen LogP contribution in [0.4, 0.5) is 5.69 Å². The third-order valence-corrected chi connectivity index (χ3v) is 5.21. The fourth-order valence-corrected chi connectivity index (χ4v) is 3.64. The zero-order valence-electron chi connectivity index (χ0n) is 18.1. The second-order valence-electron chi connectivity index (χ2n) is 7.12. The SMILES string of the molecule is COCCCN1C(=O)C(Nc2ccc3c(c2)OCO3)=C(c2ccc(OC)c(OC)c2)C1=O. The summed E-state index contributed by atoms with van der Waals surface area (Å²) in [5, 5.41) is 3.11. The van der Waals surface area contributed by atoms with Crippen LogP contribution in [0.2, 0.25) is 0 Å². The van der Waals surface area contributed by atoms with Crippen molar-refractivity contribution in [2.24, 2.45) is 0 Å². The molecule has 2 amide bonds. The zero-order valence-corrected chi connectivity index (χ0v) is 18.1. The zero-order chi connectivity index (χ0) is 22.7. The standard InChI is InChI=1S/C23H24N2O7/c1-28-10-4-9-25-22(26)20(14-5-7-16(29-2)18(11-14)30-3)21(23(25)27)24-15-6-8-17-19(12-15)32-13-31-17/h5-8,11-12,24H,4,9-10,13H2,1-3H3. The second-order valence-corrected chi connectivity index (χ2v) is 7.12. The molecular weight excluding hydrogens is 416 g/mol. The van der Waals surface area contributed by atoms with Gasteiger partial charge in [0.1, 0.15) is 5.70 Å². The third kappa shape index (κ3) is 3.94. The highest BCUT2D eigenvalue weighted by atomic mass is 16.7. The topological polar surface area (TPSA) is 95.6 Å². The average molecular weight is 440 g/mol. The Hall–Kier alpha value is -3.72. The van der Waals surface area contributed by atoms with E-state index in [4.69, 9.17) is 23.7 Å². The number of imide groups is 1. The molecule has 9 nitrogen and oxygen atoms in total. The summed E-state index contributed by atoms with van der Waals surface area (Å²) in [5.74, 6) is 1.38. The number of hydrogen-bond donors (Lipinski definition) is 1. The molecule has 2 aliphatic heterocycles. The van der Waals surface area contributed by atoms with Crippen molar-refractivity contribution in [1.29, 1.82) is 0 Å². The van der Waals surface area contributed by atoms with E-state index in [1.54, 1.807) is 43.5 Å². The molecule has 0 aromatic heterocycles. The molecule has 2 aromatic carbocycles. The van der Waals surface area contributed by atoms with Crippen molar-refractivity contribution < 1.29 is 33.3 Å². The molecule has 0 atom stereocenters. The number of hydrogen-bond acceptors (Lipinski definition) is 8. The molecule has 0 bridgehead atoms. The van der Waals surface area contributed by atoms with Gasteiger partial charge in [-0.3, -0.25) is 14.5 Å². The van der Waals surface area contributed by atoms with E-state index in [1.807, 2.05) is 0 Å². The maximum atomic E-state index is 13.3. The number of methoxy groups -OCH3 is 3. The minimum Gasteiger partial charge on any atom is -0.493 e. The van der Waals surface area contributed by atoms with Crippen molar-refractivity contribution in [2.75, 3.05) is 46.6 Å². The molecule has 0 saturated heterocycles. The Balaban J connectivity index is 1.73. The molecule has 1 N–H and O–H groups in total. The Bertz CT molecular complexity index is 1080. The smallest absolute Gasteiger partial charge is 0.278 e. The van der Waals surface area contributed by atoms with Crippen LogP contribution >= 0.6 is 0 Å². The summed E-state index contributed by atoms with van der Waals surface area (Å²) in [6.07, 6.45) is 0.532. The summed E-state index contributed by atoms with van der Waals surface area (Å²) in [6, 6.07) is 10.3. The predicted molar refractivity (Wildman–Crippen MR) is 116 cm³/mol. The fraction of sp³-hybridized carbons (Fsp3) is 0.304. The van der Waals surface area contributed by atoms with Crippen LogP contribution in [0.15, 0.2) is 42.1 Å². The number of carbonyl (C=O) groups is 2. The van der Waals surface area contributed by atoms with Crippen LogP contribution in [-0.2, 0) is 14.3 Å². The number of ether oxygens (including phenoxy) is 5. The van der Waals surface area contributed by atoms with Crippen LogP contribution in [0.5, 0.6) is 23.0 Å². The first kappa shape index (κ1) is 21.5. The number of nitrogens with zero attached hydrogens (tertiary/aromatic N) is 1. The number of fused-ring (bicyclic) bond motifs is 1. The van der Waals surface area contributed by atoms with Gasteiger partial charge in [-0.15, -0.1) is 0 Å². The van der Waals surface area contributed by atoms with E-state index in [9.17, 15) is 9.59 Å². The Kier molecular flexibility index (Phi) is 6.18. The van der Waals surface area contributed by atoms with Gasteiger partial charge in [-0.1, -0.05) is 6.07 Å². The fourth-order valence-electron chi connectivity index (χ4n) is 3.64. The van der Waals surface area contributed by atoms with E-state index in [2.05, 4.69) is 5.32 Å². The van der Waals surface area contributed by atoms with Crippen LogP contribution < -0.4 is 24.3 Å². The molecule has 0 aliphatic carbocycles. The average Bonchev–Trinajstić information content (AvgIpc) is 3.36. The Labute approximate surface area is 185 Å². The first-order valence-corrected chi connectivity index (χ1v) is 10.1. The molecule has 2 aliphatic rings. The van der Waals surface area contributed by atoms with Gasteiger partial charge in [-0.2, -0.15) is 0 Å². The summed E-state index contributed by atoms with van der Waals surface area (Å²) in [4.78, 5) is 27.8. The first-order chi connectivity index (χ1) is 15.6. The maximum Gasteiger partial charge on any atom is 0.278 e. The first-order valence-electron chi connectivity index (χ1n) is 10.1. The van der Waals surface area contributed by atoms with E-state index in [-0.39, 0.29) is 30.5 Å². The van der Waals surface area contributed by atoms with Gasteiger partial charge in [0.2, 0.25) is 6.79 Å². The number of carbonyl (C=O) groups excluding carboxylic acids is 2. The van der Waals surface area contributed by atoms with Gasteiger partial charge >= 0.3 is 0 Å². The molecule has 32 heavy (non-hydrogen) atoms. The van der Waals surface area contributed by atoms with E-state index in [0.29, 0.717) is 47.3 Å². The van der Waals surface area contributed by atoms with Crippen molar-refractivity contribution >= 4 is 23.1 Å². The summed E-state index contributed by atoms with van der Waals surface area (Å²) in [6.45, 7) is 0.825. The highest BCUT2D eigenvalue weighted by molar-refractivity contribution is 6.36. The predicted octanol–water partition coefficient (Wildman–Crippen LogP) is 2.66. The molecule has 9 heteroatoms. The van der Waals surface area contributed by atoms with Gasteiger partial charge in [0, 0.05) is 32.0 Å². The molecule has 168 valence electrons. The molecule has 0 radical (unpaired) electrons. The van der Waals surface area contributed by atoms with E-state index in [0.717, 1.165) is 0 Å². The van der Waals surface area contributed by atoms with Gasteiger partial charge in [0.15, 0.2) is 23.0 Å². The quantitative estimate of drug-likeness (QED) is 0.470. The highest BCUT2D eigenvalue weighted by Crippen LogP contribution is 2.38. The van der Waals surface area contributed by atoms with Crippen LogP contribution in [0.1, 0.15) is 12.0 Å². The molecule has 0 spiro atoms. The Morgan fingerprint density at radius 1 is 0.938 bits per heavy atom. The summed E-state index contributed by atoms with van der Waals surface area (Å²) in [5.41, 5.74) is 1.57. The lowest BCUT2D eigenvalue weighted by molar-refractivity contribution is -0.136. The monoisotopic (exact) mass is 440 g/mol. The lowest BCUT2D eigenvalue weighted by atomic mass is 10.0. The number of nitrogens with one attached hydrogen (secondary N) is 1. The molecular formula is C23H24N2O7. The maximum absolute atomic E-state index is 13.3. The lowest BCUT2D eigenvalue weighted by Crippen LogP contribution is -2.33. The van der Waals surface area contributed by atoms with Crippen LogP contribution in [0.25, 0.3) is 5.57 Å². The summed E-state index contributed by atoms with van der Waals surface area (Å²) in [7, 11) is 4.62. The molecule has 4 rings (SSSR count). The molecule has 0 unspecified atom stereocenters.